The van der Waals surface area contributed by atoms with Crippen molar-refractivity contribution < 1.29 is 0 Å². The van der Waals surface area contributed by atoms with Gasteiger partial charge in [0.15, 0.2) is 11.5 Å². The van der Waals surface area contributed by atoms with Gasteiger partial charge in [0.1, 0.15) is 22.9 Å². The highest BCUT2D eigenvalue weighted by Crippen LogP contribution is 2.34. The number of nitrogens with zero attached hydrogens (tertiary/aromatic N) is 6. The van der Waals surface area contributed by atoms with E-state index >= 15 is 0 Å². The summed E-state index contributed by atoms with van der Waals surface area (Å²) in [5, 5.41) is 0. The van der Waals surface area contributed by atoms with Crippen molar-refractivity contribution in [2.75, 3.05) is 0 Å². The first-order valence-electron chi connectivity index (χ1n) is 14.1. The number of fused-ring (bicyclic) bond motifs is 1. The predicted octanol–water partition coefficient (Wildman–Crippen LogP) is 8.97. The maximum atomic E-state index is 4.94. The summed E-state index contributed by atoms with van der Waals surface area (Å²) in [5.41, 5.74) is 8.74. The Morgan fingerprint density at radius 3 is 1.70 bits per heavy atom. The summed E-state index contributed by atoms with van der Waals surface area (Å²) < 4.78 is 4.17. The number of allylic oxidation sites excluding steroid dienone is 1. The lowest BCUT2D eigenvalue weighted by molar-refractivity contribution is 1.06. The van der Waals surface area contributed by atoms with E-state index in [4.69, 9.17) is 9.97 Å². The smallest absolute Gasteiger partial charge is 0.164 e. The normalized spacial score (nSPS) is 11.4. The number of rotatable bonds is 7. The van der Waals surface area contributed by atoms with Crippen molar-refractivity contribution in [3.05, 3.63) is 139 Å². The zero-order chi connectivity index (χ0) is 29.2. The van der Waals surface area contributed by atoms with Crippen LogP contribution >= 0.6 is 0 Å². The lowest BCUT2D eigenvalue weighted by atomic mass is 10.0. The van der Waals surface area contributed by atoms with E-state index in [1.54, 1.807) is 0 Å². The van der Waals surface area contributed by atoms with Crippen molar-refractivity contribution in [2.24, 2.45) is 4.99 Å². The number of hydrogen-bond acceptors (Lipinski definition) is 4. The van der Waals surface area contributed by atoms with Crippen molar-refractivity contribution >= 4 is 29.8 Å². The molecule has 7 rings (SSSR count). The van der Waals surface area contributed by atoms with Crippen molar-refractivity contribution in [3.8, 4) is 45.3 Å². The van der Waals surface area contributed by atoms with Crippen LogP contribution in [0.5, 0.6) is 0 Å². The average molecular weight is 557 g/mol. The standard InChI is InChI=1S/C37H28N6/c1-3-11-32-36(38-2)42(30-12-6-4-7-13-30)34(40-32)28-21-17-26(18-22-28)27-19-23-29(24-20-27)35-41-33-16-10-25-39-37(33)43(35)31-14-8-5-9-15-31/h3-25H,2H2,1H3/b11-3-. The van der Waals surface area contributed by atoms with Crippen LogP contribution in [0, 0.1) is 0 Å². The first kappa shape index (κ1) is 26.0. The highest BCUT2D eigenvalue weighted by molar-refractivity contribution is 5.81. The number of para-hydroxylation sites is 2. The zero-order valence-electron chi connectivity index (χ0n) is 23.7. The van der Waals surface area contributed by atoms with Gasteiger partial charge in [0.25, 0.3) is 0 Å². The third-order valence-electron chi connectivity index (χ3n) is 7.42. The molecule has 0 radical (unpaired) electrons. The van der Waals surface area contributed by atoms with Crippen molar-refractivity contribution in [1.82, 2.24) is 24.1 Å². The highest BCUT2D eigenvalue weighted by atomic mass is 15.2. The van der Waals surface area contributed by atoms with Crippen LogP contribution in [0.4, 0.5) is 5.82 Å². The number of aromatic nitrogens is 5. The molecule has 0 saturated carbocycles. The van der Waals surface area contributed by atoms with Gasteiger partial charge in [0.2, 0.25) is 0 Å². The van der Waals surface area contributed by atoms with E-state index in [-0.39, 0.29) is 0 Å². The van der Waals surface area contributed by atoms with Crippen LogP contribution in [0.15, 0.2) is 139 Å². The van der Waals surface area contributed by atoms with Gasteiger partial charge in [-0.2, -0.15) is 0 Å². The van der Waals surface area contributed by atoms with Crippen LogP contribution in [0.3, 0.4) is 0 Å². The van der Waals surface area contributed by atoms with E-state index in [1.165, 1.54) is 0 Å². The monoisotopic (exact) mass is 556 g/mol. The fourth-order valence-corrected chi connectivity index (χ4v) is 5.42. The van der Waals surface area contributed by atoms with Crippen LogP contribution in [-0.4, -0.2) is 30.8 Å². The molecule has 206 valence electrons. The molecule has 0 aliphatic heterocycles. The number of benzene rings is 4. The van der Waals surface area contributed by atoms with Gasteiger partial charge in [-0.15, -0.1) is 0 Å². The van der Waals surface area contributed by atoms with Crippen LogP contribution in [0.1, 0.15) is 12.6 Å². The number of hydrogen-bond donors (Lipinski definition) is 0. The Morgan fingerprint density at radius 1 is 0.605 bits per heavy atom. The predicted molar refractivity (Wildman–Crippen MR) is 176 cm³/mol. The van der Waals surface area contributed by atoms with Gasteiger partial charge in [0.05, 0.1) is 0 Å². The summed E-state index contributed by atoms with van der Waals surface area (Å²) in [6, 6.07) is 41.3. The quantitative estimate of drug-likeness (QED) is 0.184. The summed E-state index contributed by atoms with van der Waals surface area (Å²) in [7, 11) is 0. The topological polar surface area (TPSA) is 60.9 Å². The van der Waals surface area contributed by atoms with Gasteiger partial charge < -0.3 is 0 Å². The molecule has 7 aromatic rings. The molecule has 0 spiro atoms. The van der Waals surface area contributed by atoms with E-state index < -0.39 is 0 Å². The molecule has 0 aliphatic carbocycles. The Hall–Kier alpha value is -5.88. The second kappa shape index (κ2) is 11.2. The summed E-state index contributed by atoms with van der Waals surface area (Å²) in [5.74, 6) is 2.39. The third kappa shape index (κ3) is 4.75. The summed E-state index contributed by atoms with van der Waals surface area (Å²) in [4.78, 5) is 18.9. The Morgan fingerprint density at radius 2 is 1.14 bits per heavy atom. The van der Waals surface area contributed by atoms with Gasteiger partial charge in [-0.05, 0) is 67.2 Å². The zero-order valence-corrected chi connectivity index (χ0v) is 23.7. The molecule has 4 aromatic carbocycles. The van der Waals surface area contributed by atoms with Crippen LogP contribution < -0.4 is 0 Å². The molecule has 0 aliphatic rings. The Kier molecular flexibility index (Phi) is 6.77. The van der Waals surface area contributed by atoms with E-state index in [2.05, 4.69) is 98.6 Å². The molecule has 0 amide bonds. The fourth-order valence-electron chi connectivity index (χ4n) is 5.42. The first-order chi connectivity index (χ1) is 21.2. The molecule has 3 aromatic heterocycles. The molecule has 0 unspecified atom stereocenters. The van der Waals surface area contributed by atoms with E-state index in [1.807, 2.05) is 73.8 Å². The molecular weight excluding hydrogens is 528 g/mol. The van der Waals surface area contributed by atoms with Crippen molar-refractivity contribution in [1.29, 1.82) is 0 Å². The number of aliphatic imine (C=N–C) groups is 1. The van der Waals surface area contributed by atoms with Gasteiger partial charge >= 0.3 is 0 Å². The Bertz CT molecular complexity index is 2070. The maximum absolute atomic E-state index is 4.94. The Labute approximate surface area is 250 Å². The lowest BCUT2D eigenvalue weighted by Crippen LogP contribution is -1.98. The number of imidazole rings is 2. The largest absolute Gasteiger partial charge is 0.277 e. The molecule has 0 N–H and O–H groups in total. The maximum Gasteiger partial charge on any atom is 0.164 e. The Balaban J connectivity index is 1.25. The second-order valence-electron chi connectivity index (χ2n) is 10.1. The molecule has 43 heavy (non-hydrogen) atoms. The molecule has 6 nitrogen and oxygen atoms in total. The van der Waals surface area contributed by atoms with E-state index in [9.17, 15) is 0 Å². The molecule has 0 atom stereocenters. The van der Waals surface area contributed by atoms with Gasteiger partial charge in [-0.3, -0.25) is 9.13 Å². The summed E-state index contributed by atoms with van der Waals surface area (Å²) in [6.07, 6.45) is 5.74. The minimum Gasteiger partial charge on any atom is -0.277 e. The molecule has 0 bridgehead atoms. The van der Waals surface area contributed by atoms with E-state index in [0.717, 1.165) is 68.0 Å². The first-order valence-corrected chi connectivity index (χ1v) is 14.1. The molecule has 3 heterocycles. The highest BCUT2D eigenvalue weighted by Gasteiger charge is 2.18. The van der Waals surface area contributed by atoms with Crippen LogP contribution in [-0.2, 0) is 0 Å². The fraction of sp³-hybridized carbons (Fsp3) is 0.0270. The molecular formula is C37H28N6. The number of pyridine rings is 1. The van der Waals surface area contributed by atoms with Crippen molar-refractivity contribution in [3.63, 3.8) is 0 Å². The average Bonchev–Trinajstić information content (AvgIpc) is 3.65. The lowest BCUT2D eigenvalue weighted by Gasteiger charge is -2.11. The molecule has 0 saturated heterocycles. The molecule has 0 fully saturated rings. The SMILES string of the molecule is C=Nc1c(/C=C\C)nc(-c2ccc(-c3ccc(-c4nc5cccnc5n4-c4ccccc4)cc3)cc2)n1-c1ccccc1. The van der Waals surface area contributed by atoms with Gasteiger partial charge in [-0.25, -0.2) is 19.9 Å². The minimum absolute atomic E-state index is 0.718. The van der Waals surface area contributed by atoms with E-state index in [0.29, 0.717) is 0 Å². The van der Waals surface area contributed by atoms with Gasteiger partial charge in [0, 0.05) is 28.7 Å². The van der Waals surface area contributed by atoms with Crippen LogP contribution in [0.2, 0.25) is 0 Å². The summed E-state index contributed by atoms with van der Waals surface area (Å²) in [6.45, 7) is 5.80. The van der Waals surface area contributed by atoms with Gasteiger partial charge in [-0.1, -0.05) is 91.0 Å². The third-order valence-corrected chi connectivity index (χ3v) is 7.42. The molecule has 6 heteroatoms. The second-order valence-corrected chi connectivity index (χ2v) is 10.1. The van der Waals surface area contributed by atoms with Crippen LogP contribution in [0.25, 0.3) is 62.5 Å². The van der Waals surface area contributed by atoms with Crippen molar-refractivity contribution in [2.45, 2.75) is 6.92 Å². The minimum atomic E-state index is 0.718. The summed E-state index contributed by atoms with van der Waals surface area (Å²) >= 11 is 0.